The van der Waals surface area contributed by atoms with Crippen molar-refractivity contribution in [1.82, 2.24) is 4.98 Å². The molecule has 0 saturated carbocycles. The van der Waals surface area contributed by atoms with Crippen LogP contribution in [0.3, 0.4) is 0 Å². The first-order valence-electron chi connectivity index (χ1n) is 5.00. The van der Waals surface area contributed by atoms with E-state index < -0.39 is 0 Å². The Labute approximate surface area is 104 Å². The van der Waals surface area contributed by atoms with Gasteiger partial charge in [0.25, 0.3) is 0 Å². The third-order valence-electron chi connectivity index (χ3n) is 2.49. The monoisotopic (exact) mass is 249 g/mol. The second-order valence-electron chi connectivity index (χ2n) is 3.79. The molecule has 1 aromatic carbocycles. The van der Waals surface area contributed by atoms with E-state index in [0.717, 1.165) is 5.56 Å². The lowest BCUT2D eigenvalue weighted by molar-refractivity contribution is 0.477. The number of phenols is 1. The molecule has 4 nitrogen and oxygen atoms in total. The normalized spacial score (nSPS) is 10.5. The molecule has 0 aliphatic carbocycles. The average Bonchev–Trinajstić information content (AvgIpc) is 2.21. The number of anilines is 2. The van der Waals surface area contributed by atoms with Gasteiger partial charge in [0.15, 0.2) is 0 Å². The highest BCUT2D eigenvalue weighted by atomic mass is 35.5. The molecule has 1 aromatic heterocycles. The molecule has 2 rings (SSSR count). The number of rotatable bonds is 1. The number of nitrogens with zero attached hydrogens (tertiary/aromatic N) is 1. The van der Waals surface area contributed by atoms with E-state index in [9.17, 15) is 5.11 Å². The summed E-state index contributed by atoms with van der Waals surface area (Å²) in [6.07, 6.45) is 0. The van der Waals surface area contributed by atoms with E-state index in [4.69, 9.17) is 23.1 Å². The molecule has 0 spiro atoms. The maximum absolute atomic E-state index is 9.89. The number of phenolic OH excluding ortho intramolecular Hbond substituents is 1. The molecule has 17 heavy (non-hydrogen) atoms. The van der Waals surface area contributed by atoms with Crippen molar-refractivity contribution in [3.63, 3.8) is 0 Å². The van der Waals surface area contributed by atoms with Crippen molar-refractivity contribution in [2.75, 3.05) is 11.5 Å². The zero-order valence-electron chi connectivity index (χ0n) is 9.24. The van der Waals surface area contributed by atoms with Crippen molar-refractivity contribution in [3.05, 3.63) is 34.9 Å². The number of nitrogen functional groups attached to an aromatic ring is 2. The van der Waals surface area contributed by atoms with Crippen molar-refractivity contribution >= 4 is 23.1 Å². The highest BCUT2D eigenvalue weighted by Crippen LogP contribution is 2.34. The van der Waals surface area contributed by atoms with Crippen LogP contribution in [-0.2, 0) is 0 Å². The molecular weight excluding hydrogens is 238 g/mol. The molecule has 0 atom stereocenters. The minimum atomic E-state index is 0.0756. The van der Waals surface area contributed by atoms with E-state index >= 15 is 0 Å². The predicted molar refractivity (Wildman–Crippen MR) is 69.9 cm³/mol. The molecule has 0 amide bonds. The molecular formula is C12H12ClN3O. The van der Waals surface area contributed by atoms with Crippen molar-refractivity contribution < 1.29 is 5.11 Å². The summed E-state index contributed by atoms with van der Waals surface area (Å²) in [5.74, 6) is 0.322. The minimum Gasteiger partial charge on any atom is -0.507 e. The van der Waals surface area contributed by atoms with E-state index in [-0.39, 0.29) is 11.6 Å². The van der Waals surface area contributed by atoms with Crippen LogP contribution in [0.25, 0.3) is 11.3 Å². The Morgan fingerprint density at radius 3 is 2.53 bits per heavy atom. The molecule has 0 bridgehead atoms. The summed E-state index contributed by atoms with van der Waals surface area (Å²) in [6, 6.07) is 6.59. The fourth-order valence-corrected chi connectivity index (χ4v) is 1.95. The van der Waals surface area contributed by atoms with Crippen molar-refractivity contribution in [1.29, 1.82) is 0 Å². The van der Waals surface area contributed by atoms with E-state index in [1.54, 1.807) is 18.2 Å². The van der Waals surface area contributed by atoms with Crippen LogP contribution in [0, 0.1) is 6.92 Å². The molecule has 0 radical (unpaired) electrons. The standard InChI is InChI=1S/C12H12ClN3O/c1-6-4-7(13)5-10(17)11(6)9-3-2-8(14)12(15)16-9/h2-5,17H,14H2,1H3,(H2,15,16). The first-order chi connectivity index (χ1) is 7.99. The van der Waals surface area contributed by atoms with Crippen LogP contribution in [-0.4, -0.2) is 10.1 Å². The van der Waals surface area contributed by atoms with Gasteiger partial charge < -0.3 is 16.6 Å². The van der Waals surface area contributed by atoms with Gasteiger partial charge in [0.2, 0.25) is 0 Å². The Hall–Kier alpha value is -1.94. The van der Waals surface area contributed by atoms with Crippen LogP contribution in [0.2, 0.25) is 5.02 Å². The fraction of sp³-hybridized carbons (Fsp3) is 0.0833. The van der Waals surface area contributed by atoms with E-state index in [0.29, 0.717) is 22.0 Å². The zero-order chi connectivity index (χ0) is 12.6. The molecule has 0 saturated heterocycles. The second kappa shape index (κ2) is 4.14. The fourth-order valence-electron chi connectivity index (χ4n) is 1.68. The molecule has 1 heterocycles. The average molecular weight is 250 g/mol. The summed E-state index contributed by atoms with van der Waals surface area (Å²) in [6.45, 7) is 1.84. The van der Waals surface area contributed by atoms with Gasteiger partial charge in [-0.15, -0.1) is 0 Å². The van der Waals surface area contributed by atoms with Gasteiger partial charge in [0.05, 0.1) is 11.4 Å². The number of nitrogens with two attached hydrogens (primary N) is 2. The number of hydrogen-bond acceptors (Lipinski definition) is 4. The number of pyridine rings is 1. The van der Waals surface area contributed by atoms with E-state index in [1.165, 1.54) is 6.07 Å². The smallest absolute Gasteiger partial charge is 0.147 e. The Morgan fingerprint density at radius 1 is 1.24 bits per heavy atom. The highest BCUT2D eigenvalue weighted by molar-refractivity contribution is 6.31. The van der Waals surface area contributed by atoms with Crippen LogP contribution in [0.1, 0.15) is 5.56 Å². The van der Waals surface area contributed by atoms with E-state index in [2.05, 4.69) is 4.98 Å². The van der Waals surface area contributed by atoms with Crippen LogP contribution in [0.4, 0.5) is 11.5 Å². The molecule has 0 aliphatic heterocycles. The summed E-state index contributed by atoms with van der Waals surface area (Å²) in [4.78, 5) is 4.14. The van der Waals surface area contributed by atoms with E-state index in [1.807, 2.05) is 6.92 Å². The van der Waals surface area contributed by atoms with Gasteiger partial charge >= 0.3 is 0 Å². The SMILES string of the molecule is Cc1cc(Cl)cc(O)c1-c1ccc(N)c(N)n1. The zero-order valence-corrected chi connectivity index (χ0v) is 9.99. The van der Waals surface area contributed by atoms with Crippen molar-refractivity contribution in [3.8, 4) is 17.0 Å². The van der Waals surface area contributed by atoms with Gasteiger partial charge in [0.1, 0.15) is 11.6 Å². The Kier molecular flexibility index (Phi) is 2.81. The van der Waals surface area contributed by atoms with Crippen LogP contribution in [0.5, 0.6) is 5.75 Å². The Balaban J connectivity index is 2.64. The maximum Gasteiger partial charge on any atom is 0.147 e. The first-order valence-corrected chi connectivity index (χ1v) is 5.38. The third-order valence-corrected chi connectivity index (χ3v) is 2.71. The van der Waals surface area contributed by atoms with Crippen molar-refractivity contribution in [2.24, 2.45) is 0 Å². The second-order valence-corrected chi connectivity index (χ2v) is 4.22. The topological polar surface area (TPSA) is 85.2 Å². The van der Waals surface area contributed by atoms with Gasteiger partial charge in [0, 0.05) is 10.6 Å². The van der Waals surface area contributed by atoms with Gasteiger partial charge in [-0.3, -0.25) is 0 Å². The number of aryl methyl sites for hydroxylation is 1. The van der Waals surface area contributed by atoms with Gasteiger partial charge in [-0.25, -0.2) is 4.98 Å². The lowest BCUT2D eigenvalue weighted by Crippen LogP contribution is -1.99. The quantitative estimate of drug-likeness (QED) is 0.725. The number of hydrogen-bond donors (Lipinski definition) is 3. The van der Waals surface area contributed by atoms with Gasteiger partial charge in [-0.1, -0.05) is 11.6 Å². The van der Waals surface area contributed by atoms with Gasteiger partial charge in [-0.05, 0) is 36.8 Å². The summed E-state index contributed by atoms with van der Waals surface area (Å²) in [5.41, 5.74) is 13.7. The lowest BCUT2D eigenvalue weighted by atomic mass is 10.0. The summed E-state index contributed by atoms with van der Waals surface area (Å²) < 4.78 is 0. The summed E-state index contributed by atoms with van der Waals surface area (Å²) in [7, 11) is 0. The van der Waals surface area contributed by atoms with Crippen LogP contribution >= 0.6 is 11.6 Å². The number of aromatic hydroxyl groups is 1. The van der Waals surface area contributed by atoms with Gasteiger partial charge in [-0.2, -0.15) is 0 Å². The minimum absolute atomic E-state index is 0.0756. The number of aromatic nitrogens is 1. The third kappa shape index (κ3) is 2.12. The predicted octanol–water partition coefficient (Wildman–Crippen LogP) is 2.58. The van der Waals surface area contributed by atoms with Crippen molar-refractivity contribution in [2.45, 2.75) is 6.92 Å². The lowest BCUT2D eigenvalue weighted by Gasteiger charge is -2.10. The van der Waals surface area contributed by atoms with Crippen LogP contribution in [0.15, 0.2) is 24.3 Å². The molecule has 2 aromatic rings. The number of benzene rings is 1. The summed E-state index contributed by atoms with van der Waals surface area (Å²) >= 11 is 5.84. The highest BCUT2D eigenvalue weighted by Gasteiger charge is 2.11. The maximum atomic E-state index is 9.89. The van der Waals surface area contributed by atoms with Crippen LogP contribution < -0.4 is 11.5 Å². The molecule has 5 N–H and O–H groups in total. The molecule has 88 valence electrons. The number of halogens is 1. The largest absolute Gasteiger partial charge is 0.507 e. The first kappa shape index (κ1) is 11.5. The molecule has 0 unspecified atom stereocenters. The molecule has 0 aliphatic rings. The summed E-state index contributed by atoms with van der Waals surface area (Å²) in [5, 5.41) is 10.4. The Bertz CT molecular complexity index is 561. The Morgan fingerprint density at radius 2 is 1.94 bits per heavy atom. The molecule has 5 heteroatoms. The molecule has 0 fully saturated rings.